The van der Waals surface area contributed by atoms with Gasteiger partial charge in [0.25, 0.3) is 0 Å². The van der Waals surface area contributed by atoms with Crippen LogP contribution in [-0.4, -0.2) is 60.6 Å². The van der Waals surface area contributed by atoms with Crippen LogP contribution in [0.3, 0.4) is 0 Å². The van der Waals surface area contributed by atoms with Gasteiger partial charge in [0.1, 0.15) is 5.82 Å². The maximum Gasteiger partial charge on any atom is 0.230 e. The molecule has 1 aromatic heterocycles. The summed E-state index contributed by atoms with van der Waals surface area (Å²) in [4.78, 5) is 21.4. The fraction of sp³-hybridized carbons (Fsp3) is 0.647. The van der Waals surface area contributed by atoms with Crippen molar-refractivity contribution in [2.45, 2.75) is 25.8 Å². The maximum atomic E-state index is 12.9. The van der Waals surface area contributed by atoms with E-state index in [-0.39, 0.29) is 5.41 Å². The molecule has 3 rings (SSSR count). The minimum atomic E-state index is -0.205. The SMILES string of the molecule is COCCN1CCCC2(CCN(Cc3cccnc3N)C2)C1=O. The molecule has 0 saturated carbocycles. The van der Waals surface area contributed by atoms with E-state index in [4.69, 9.17) is 10.5 Å². The number of nitrogen functional groups attached to an aromatic ring is 1. The molecule has 6 heteroatoms. The number of amides is 1. The number of anilines is 1. The van der Waals surface area contributed by atoms with E-state index in [1.807, 2.05) is 17.0 Å². The summed E-state index contributed by atoms with van der Waals surface area (Å²) >= 11 is 0. The quantitative estimate of drug-likeness (QED) is 0.881. The molecular formula is C17H26N4O2. The number of hydrogen-bond acceptors (Lipinski definition) is 5. The number of nitrogens with zero attached hydrogens (tertiary/aromatic N) is 3. The van der Waals surface area contributed by atoms with Gasteiger partial charge in [-0.25, -0.2) is 4.98 Å². The summed E-state index contributed by atoms with van der Waals surface area (Å²) in [5.41, 5.74) is 6.79. The van der Waals surface area contributed by atoms with Crippen LogP contribution in [0.5, 0.6) is 0 Å². The van der Waals surface area contributed by atoms with E-state index in [0.29, 0.717) is 24.9 Å². The van der Waals surface area contributed by atoms with Crippen LogP contribution in [-0.2, 0) is 16.1 Å². The highest BCUT2D eigenvalue weighted by Crippen LogP contribution is 2.40. The predicted molar refractivity (Wildman–Crippen MR) is 88.7 cm³/mol. The monoisotopic (exact) mass is 318 g/mol. The second kappa shape index (κ2) is 6.84. The standard InChI is InChI=1S/C17H26N4O2/c1-23-11-10-21-8-3-5-17(16(21)22)6-9-20(13-17)12-14-4-2-7-19-15(14)18/h2,4,7H,3,5-6,8-13H2,1H3,(H2,18,19). The van der Waals surface area contributed by atoms with Crippen LogP contribution in [0.25, 0.3) is 0 Å². The molecule has 1 atom stereocenters. The third kappa shape index (κ3) is 3.33. The first kappa shape index (κ1) is 16.2. The van der Waals surface area contributed by atoms with E-state index in [0.717, 1.165) is 51.0 Å². The van der Waals surface area contributed by atoms with Gasteiger partial charge in [-0.05, 0) is 31.9 Å². The number of likely N-dealkylation sites (tertiary alicyclic amines) is 2. The fourth-order valence-electron chi connectivity index (χ4n) is 3.86. The Morgan fingerprint density at radius 1 is 1.39 bits per heavy atom. The first-order valence-electron chi connectivity index (χ1n) is 8.35. The van der Waals surface area contributed by atoms with Crippen LogP contribution >= 0.6 is 0 Å². The molecule has 0 bridgehead atoms. The normalized spacial score (nSPS) is 25.4. The fourth-order valence-corrected chi connectivity index (χ4v) is 3.86. The van der Waals surface area contributed by atoms with Gasteiger partial charge in [0.05, 0.1) is 12.0 Å². The number of pyridine rings is 1. The molecular weight excluding hydrogens is 292 g/mol. The molecule has 2 aliphatic heterocycles. The Morgan fingerprint density at radius 2 is 2.26 bits per heavy atom. The molecule has 1 unspecified atom stereocenters. The lowest BCUT2D eigenvalue weighted by atomic mass is 9.78. The summed E-state index contributed by atoms with van der Waals surface area (Å²) in [6, 6.07) is 3.93. The third-order valence-electron chi connectivity index (χ3n) is 5.14. The molecule has 0 aromatic carbocycles. The van der Waals surface area contributed by atoms with Gasteiger partial charge >= 0.3 is 0 Å². The number of nitrogens with two attached hydrogens (primary N) is 1. The summed E-state index contributed by atoms with van der Waals surface area (Å²) in [6.45, 7) is 4.71. The zero-order valence-electron chi connectivity index (χ0n) is 13.8. The second-order valence-electron chi connectivity index (χ2n) is 6.68. The van der Waals surface area contributed by atoms with Crippen molar-refractivity contribution in [1.29, 1.82) is 0 Å². The number of ether oxygens (including phenoxy) is 1. The van der Waals surface area contributed by atoms with E-state index in [2.05, 4.69) is 9.88 Å². The highest BCUT2D eigenvalue weighted by molar-refractivity contribution is 5.84. The topological polar surface area (TPSA) is 71.7 Å². The highest BCUT2D eigenvalue weighted by atomic mass is 16.5. The van der Waals surface area contributed by atoms with Crippen molar-refractivity contribution in [3.8, 4) is 0 Å². The average Bonchev–Trinajstić information content (AvgIpc) is 2.95. The van der Waals surface area contributed by atoms with Crippen LogP contribution < -0.4 is 5.73 Å². The number of aromatic nitrogens is 1. The average molecular weight is 318 g/mol. The van der Waals surface area contributed by atoms with Crippen LogP contribution in [0, 0.1) is 5.41 Å². The predicted octanol–water partition coefficient (Wildman–Crippen LogP) is 1.12. The van der Waals surface area contributed by atoms with E-state index in [9.17, 15) is 4.79 Å². The van der Waals surface area contributed by atoms with Gasteiger partial charge < -0.3 is 15.4 Å². The van der Waals surface area contributed by atoms with Gasteiger partial charge in [-0.3, -0.25) is 9.69 Å². The zero-order valence-corrected chi connectivity index (χ0v) is 13.8. The lowest BCUT2D eigenvalue weighted by molar-refractivity contribution is -0.146. The van der Waals surface area contributed by atoms with E-state index in [1.54, 1.807) is 13.3 Å². The Kier molecular flexibility index (Phi) is 4.82. The highest BCUT2D eigenvalue weighted by Gasteiger charge is 2.48. The molecule has 2 fully saturated rings. The van der Waals surface area contributed by atoms with Gasteiger partial charge in [-0.1, -0.05) is 6.07 Å². The van der Waals surface area contributed by atoms with Gasteiger partial charge in [-0.15, -0.1) is 0 Å². The smallest absolute Gasteiger partial charge is 0.230 e. The number of hydrogen-bond donors (Lipinski definition) is 1. The molecule has 2 N–H and O–H groups in total. The number of piperidine rings is 1. The molecule has 1 spiro atoms. The molecule has 3 heterocycles. The lowest BCUT2D eigenvalue weighted by Crippen LogP contribution is -2.50. The van der Waals surface area contributed by atoms with Crippen molar-refractivity contribution in [2.24, 2.45) is 5.41 Å². The molecule has 126 valence electrons. The summed E-state index contributed by atoms with van der Waals surface area (Å²) in [6.07, 6.45) is 4.73. The lowest BCUT2D eigenvalue weighted by Gasteiger charge is -2.39. The number of methoxy groups -OCH3 is 1. The number of rotatable bonds is 5. The van der Waals surface area contributed by atoms with Gasteiger partial charge in [0.15, 0.2) is 0 Å². The van der Waals surface area contributed by atoms with Crippen molar-refractivity contribution in [3.05, 3.63) is 23.9 Å². The van der Waals surface area contributed by atoms with Gasteiger partial charge in [0, 0.05) is 45.0 Å². The van der Waals surface area contributed by atoms with Gasteiger partial charge in [-0.2, -0.15) is 0 Å². The van der Waals surface area contributed by atoms with Crippen molar-refractivity contribution in [2.75, 3.05) is 45.6 Å². The van der Waals surface area contributed by atoms with Crippen molar-refractivity contribution in [3.63, 3.8) is 0 Å². The minimum absolute atomic E-state index is 0.205. The molecule has 1 amide bonds. The molecule has 2 aliphatic rings. The first-order valence-corrected chi connectivity index (χ1v) is 8.35. The Bertz CT molecular complexity index is 565. The van der Waals surface area contributed by atoms with Crippen LogP contribution in [0.4, 0.5) is 5.82 Å². The Hall–Kier alpha value is -1.66. The molecule has 2 saturated heterocycles. The first-order chi connectivity index (χ1) is 11.1. The third-order valence-corrected chi connectivity index (χ3v) is 5.14. The Balaban J connectivity index is 1.65. The Labute approximate surface area is 137 Å². The summed E-state index contributed by atoms with van der Waals surface area (Å²) in [5.74, 6) is 0.896. The molecule has 0 aliphatic carbocycles. The van der Waals surface area contributed by atoms with E-state index in [1.165, 1.54) is 0 Å². The van der Waals surface area contributed by atoms with E-state index < -0.39 is 0 Å². The number of carbonyl (C=O) groups excluding carboxylic acids is 1. The van der Waals surface area contributed by atoms with Crippen molar-refractivity contribution >= 4 is 11.7 Å². The Morgan fingerprint density at radius 3 is 3.04 bits per heavy atom. The number of carbonyl (C=O) groups is 1. The minimum Gasteiger partial charge on any atom is -0.383 e. The van der Waals surface area contributed by atoms with E-state index >= 15 is 0 Å². The van der Waals surface area contributed by atoms with Crippen molar-refractivity contribution in [1.82, 2.24) is 14.8 Å². The second-order valence-corrected chi connectivity index (χ2v) is 6.68. The summed E-state index contributed by atoms with van der Waals surface area (Å²) in [5, 5.41) is 0. The van der Waals surface area contributed by atoms with Crippen molar-refractivity contribution < 1.29 is 9.53 Å². The molecule has 23 heavy (non-hydrogen) atoms. The zero-order chi connectivity index (χ0) is 16.3. The summed E-state index contributed by atoms with van der Waals surface area (Å²) < 4.78 is 5.13. The molecule has 0 radical (unpaired) electrons. The van der Waals surface area contributed by atoms with Gasteiger partial charge in [0.2, 0.25) is 5.91 Å². The largest absolute Gasteiger partial charge is 0.383 e. The van der Waals surface area contributed by atoms with Crippen LogP contribution in [0.2, 0.25) is 0 Å². The summed E-state index contributed by atoms with van der Waals surface area (Å²) in [7, 11) is 1.68. The van der Waals surface area contributed by atoms with Crippen LogP contribution in [0.15, 0.2) is 18.3 Å². The molecule has 1 aromatic rings. The van der Waals surface area contributed by atoms with Crippen LogP contribution in [0.1, 0.15) is 24.8 Å². The maximum absolute atomic E-state index is 12.9. The molecule has 6 nitrogen and oxygen atoms in total.